The van der Waals surface area contributed by atoms with Crippen LogP contribution in [0.2, 0.25) is 0 Å². The molecule has 64 valence electrons. The van der Waals surface area contributed by atoms with Crippen molar-refractivity contribution in [3.63, 3.8) is 0 Å². The highest BCUT2D eigenvalue weighted by Gasteiger charge is 2.30. The van der Waals surface area contributed by atoms with Crippen LogP contribution >= 0.6 is 0 Å². The van der Waals surface area contributed by atoms with Gasteiger partial charge in [0.05, 0.1) is 6.10 Å². The molecule has 0 aromatic heterocycles. The Morgan fingerprint density at radius 1 is 1.36 bits per heavy atom. The van der Waals surface area contributed by atoms with E-state index in [0.29, 0.717) is 6.10 Å². The predicted molar refractivity (Wildman–Crippen MR) is 42.8 cm³/mol. The molecule has 0 spiro atoms. The van der Waals surface area contributed by atoms with Crippen molar-refractivity contribution >= 4 is 0 Å². The largest absolute Gasteiger partial charge is 0.300 e. The first-order valence-electron chi connectivity index (χ1n) is 4.46. The second-order valence-electron chi connectivity index (χ2n) is 3.76. The van der Waals surface area contributed by atoms with Gasteiger partial charge in [0.15, 0.2) is 0 Å². The molecule has 2 fully saturated rings. The van der Waals surface area contributed by atoms with Gasteiger partial charge in [-0.15, -0.1) is 0 Å². The second-order valence-corrected chi connectivity index (χ2v) is 3.76. The van der Waals surface area contributed by atoms with Gasteiger partial charge < -0.3 is 4.90 Å². The monoisotopic (exact) mass is 156 g/mol. The molecular formula is C8H16N2O. The van der Waals surface area contributed by atoms with Crippen LogP contribution in [0.1, 0.15) is 19.3 Å². The highest BCUT2D eigenvalue weighted by Crippen LogP contribution is 2.26. The van der Waals surface area contributed by atoms with Gasteiger partial charge >= 0.3 is 0 Å². The molecule has 2 heterocycles. The Hall–Kier alpha value is -0.120. The summed E-state index contributed by atoms with van der Waals surface area (Å²) in [6, 6.07) is 0. The van der Waals surface area contributed by atoms with E-state index in [1.165, 1.54) is 32.4 Å². The fourth-order valence-corrected chi connectivity index (χ4v) is 2.34. The van der Waals surface area contributed by atoms with Crippen LogP contribution in [0.5, 0.6) is 0 Å². The lowest BCUT2D eigenvalue weighted by Gasteiger charge is -2.40. The van der Waals surface area contributed by atoms with Gasteiger partial charge in [0.25, 0.3) is 0 Å². The lowest BCUT2D eigenvalue weighted by Crippen LogP contribution is -2.48. The maximum absolute atomic E-state index is 5.18. The Morgan fingerprint density at radius 3 is 3.00 bits per heavy atom. The number of fused-ring (bicyclic) bond motifs is 2. The molecule has 3 heteroatoms. The van der Waals surface area contributed by atoms with Crippen molar-refractivity contribution in [1.82, 2.24) is 4.90 Å². The summed E-state index contributed by atoms with van der Waals surface area (Å²) < 4.78 is 0. The predicted octanol–water partition coefficient (Wildman–Crippen LogP) is 0.361. The van der Waals surface area contributed by atoms with Crippen LogP contribution in [-0.4, -0.2) is 30.6 Å². The van der Waals surface area contributed by atoms with Crippen LogP contribution in [-0.2, 0) is 4.84 Å². The number of hydrogen-bond acceptors (Lipinski definition) is 3. The van der Waals surface area contributed by atoms with Crippen molar-refractivity contribution in [3.8, 4) is 0 Å². The summed E-state index contributed by atoms with van der Waals surface area (Å²) in [6.45, 7) is 3.57. The molecule has 3 unspecified atom stereocenters. The molecule has 2 rings (SSSR count). The minimum Gasteiger partial charge on any atom is -0.300 e. The number of nitrogens with zero attached hydrogens (tertiary/aromatic N) is 1. The third-order valence-corrected chi connectivity index (χ3v) is 2.85. The highest BCUT2D eigenvalue weighted by atomic mass is 16.6. The Morgan fingerprint density at radius 2 is 2.27 bits per heavy atom. The number of hydrogen-bond donors (Lipinski definition) is 1. The van der Waals surface area contributed by atoms with E-state index in [0.717, 1.165) is 12.5 Å². The van der Waals surface area contributed by atoms with Crippen LogP contribution in [0.4, 0.5) is 0 Å². The number of nitrogens with two attached hydrogens (primary N) is 1. The molecule has 2 aliphatic heterocycles. The van der Waals surface area contributed by atoms with Crippen molar-refractivity contribution in [2.75, 3.05) is 19.6 Å². The molecule has 2 aliphatic rings. The molecule has 0 saturated carbocycles. The smallest absolute Gasteiger partial charge is 0.0917 e. The quantitative estimate of drug-likeness (QED) is 0.557. The van der Waals surface area contributed by atoms with Gasteiger partial charge in [0.1, 0.15) is 0 Å². The lowest BCUT2D eigenvalue weighted by atomic mass is 9.88. The molecule has 0 radical (unpaired) electrons. The Kier molecular flexibility index (Phi) is 2.11. The van der Waals surface area contributed by atoms with Crippen LogP contribution in [0.25, 0.3) is 0 Å². The van der Waals surface area contributed by atoms with Crippen LogP contribution < -0.4 is 5.90 Å². The summed E-state index contributed by atoms with van der Waals surface area (Å²) in [5.74, 6) is 6.03. The fraction of sp³-hybridized carbons (Fsp3) is 1.00. The lowest BCUT2D eigenvalue weighted by molar-refractivity contribution is -0.0353. The van der Waals surface area contributed by atoms with E-state index in [-0.39, 0.29) is 0 Å². The molecule has 2 bridgehead atoms. The number of rotatable bonds is 1. The van der Waals surface area contributed by atoms with Gasteiger partial charge in [-0.2, -0.15) is 0 Å². The average Bonchev–Trinajstić information content (AvgIpc) is 2.03. The average molecular weight is 156 g/mol. The van der Waals surface area contributed by atoms with E-state index in [1.807, 2.05) is 0 Å². The van der Waals surface area contributed by atoms with Crippen molar-refractivity contribution in [2.24, 2.45) is 11.8 Å². The summed E-state index contributed by atoms with van der Waals surface area (Å²) in [5, 5.41) is 0. The first-order valence-corrected chi connectivity index (χ1v) is 4.46. The fourth-order valence-electron chi connectivity index (χ4n) is 2.34. The zero-order chi connectivity index (χ0) is 7.68. The SMILES string of the molecule is NOC1CC2CCCN(C2)C1. The molecule has 0 aliphatic carbocycles. The molecule has 3 nitrogen and oxygen atoms in total. The third-order valence-electron chi connectivity index (χ3n) is 2.85. The van der Waals surface area contributed by atoms with Crippen molar-refractivity contribution in [3.05, 3.63) is 0 Å². The minimum absolute atomic E-state index is 0.300. The summed E-state index contributed by atoms with van der Waals surface area (Å²) in [7, 11) is 0. The van der Waals surface area contributed by atoms with E-state index >= 15 is 0 Å². The van der Waals surface area contributed by atoms with Crippen LogP contribution in [0, 0.1) is 5.92 Å². The van der Waals surface area contributed by atoms with Gasteiger partial charge in [-0.1, -0.05) is 0 Å². The first kappa shape index (κ1) is 7.53. The molecular weight excluding hydrogens is 140 g/mol. The van der Waals surface area contributed by atoms with E-state index in [2.05, 4.69) is 4.90 Å². The zero-order valence-corrected chi connectivity index (χ0v) is 6.83. The van der Waals surface area contributed by atoms with E-state index < -0.39 is 0 Å². The molecule has 2 saturated heterocycles. The molecule has 0 amide bonds. The van der Waals surface area contributed by atoms with Gasteiger partial charge in [-0.05, 0) is 31.7 Å². The van der Waals surface area contributed by atoms with Gasteiger partial charge in [-0.25, -0.2) is 5.90 Å². The number of piperidine rings is 2. The molecule has 2 N–H and O–H groups in total. The van der Waals surface area contributed by atoms with Crippen LogP contribution in [0.15, 0.2) is 0 Å². The molecule has 0 aromatic rings. The summed E-state index contributed by atoms with van der Waals surface area (Å²) in [6.07, 6.45) is 4.21. The highest BCUT2D eigenvalue weighted by molar-refractivity contribution is 4.83. The van der Waals surface area contributed by atoms with Gasteiger partial charge in [0.2, 0.25) is 0 Å². The Balaban J connectivity index is 1.94. The van der Waals surface area contributed by atoms with Crippen molar-refractivity contribution in [1.29, 1.82) is 0 Å². The third kappa shape index (κ3) is 1.55. The zero-order valence-electron chi connectivity index (χ0n) is 6.83. The summed E-state index contributed by atoms with van der Waals surface area (Å²) >= 11 is 0. The molecule has 3 atom stereocenters. The normalized spacial score (nSPS) is 43.9. The van der Waals surface area contributed by atoms with Crippen molar-refractivity contribution in [2.45, 2.75) is 25.4 Å². The van der Waals surface area contributed by atoms with Crippen molar-refractivity contribution < 1.29 is 4.84 Å². The first-order chi connectivity index (χ1) is 5.38. The van der Waals surface area contributed by atoms with E-state index in [9.17, 15) is 0 Å². The van der Waals surface area contributed by atoms with E-state index in [1.54, 1.807) is 0 Å². The summed E-state index contributed by atoms with van der Waals surface area (Å²) in [5.41, 5.74) is 0. The second kappa shape index (κ2) is 3.09. The van der Waals surface area contributed by atoms with Gasteiger partial charge in [-0.3, -0.25) is 4.84 Å². The minimum atomic E-state index is 0.300. The molecule has 11 heavy (non-hydrogen) atoms. The van der Waals surface area contributed by atoms with E-state index in [4.69, 9.17) is 10.7 Å². The standard InChI is InChI=1S/C8H16N2O/c9-11-8-4-7-2-1-3-10(5-7)6-8/h7-8H,1-6,9H2. The van der Waals surface area contributed by atoms with Gasteiger partial charge in [0, 0.05) is 13.1 Å². The maximum atomic E-state index is 5.18. The summed E-state index contributed by atoms with van der Waals surface area (Å²) in [4.78, 5) is 7.35. The molecule has 0 aromatic carbocycles. The topological polar surface area (TPSA) is 38.5 Å². The Bertz CT molecular complexity index is 128. The maximum Gasteiger partial charge on any atom is 0.0917 e. The van der Waals surface area contributed by atoms with Crippen LogP contribution in [0.3, 0.4) is 0 Å². The Labute approximate surface area is 67.4 Å².